The van der Waals surface area contributed by atoms with Gasteiger partial charge in [-0.2, -0.15) is 0 Å². The van der Waals surface area contributed by atoms with E-state index < -0.39 is 36.0 Å². The van der Waals surface area contributed by atoms with Crippen LogP contribution in [0, 0.1) is 6.92 Å². The van der Waals surface area contributed by atoms with Crippen molar-refractivity contribution in [2.45, 2.75) is 31.5 Å². The Bertz CT molecular complexity index is 1350. The maximum Gasteiger partial charge on any atom is 0.408 e. The monoisotopic (exact) mass is 522 g/mol. The zero-order valence-electron chi connectivity index (χ0n) is 21.5. The van der Waals surface area contributed by atoms with Crippen LogP contribution in [0.4, 0.5) is 4.79 Å². The van der Waals surface area contributed by atoms with Gasteiger partial charge < -0.3 is 20.5 Å². The molecule has 1 unspecified atom stereocenters. The average molecular weight is 523 g/mol. The number of aliphatic carboxylic acids is 1. The first-order chi connectivity index (χ1) is 18.9. The van der Waals surface area contributed by atoms with E-state index in [1.807, 2.05) is 97.9 Å². The van der Waals surface area contributed by atoms with Gasteiger partial charge in [0, 0.05) is 0 Å². The maximum absolute atomic E-state index is 13.6. The zero-order valence-corrected chi connectivity index (χ0v) is 21.5. The van der Waals surface area contributed by atoms with Gasteiger partial charge in [0.2, 0.25) is 5.91 Å². The third kappa shape index (κ3) is 6.70. The van der Waals surface area contributed by atoms with Crippen molar-refractivity contribution < 1.29 is 24.2 Å². The van der Waals surface area contributed by atoms with Gasteiger partial charge in [-0.3, -0.25) is 4.79 Å². The van der Waals surface area contributed by atoms with Gasteiger partial charge >= 0.3 is 12.1 Å². The van der Waals surface area contributed by atoms with E-state index in [1.165, 1.54) is 0 Å². The summed E-state index contributed by atoms with van der Waals surface area (Å²) in [6.07, 6.45) is -1.42. The van der Waals surface area contributed by atoms with Crippen LogP contribution in [-0.4, -0.2) is 29.1 Å². The summed E-state index contributed by atoms with van der Waals surface area (Å²) in [4.78, 5) is 37.9. The highest BCUT2D eigenvalue weighted by atomic mass is 16.5. The minimum Gasteiger partial charge on any atom is -0.480 e. The molecule has 1 atom stereocenters. The molecule has 0 aliphatic heterocycles. The molecule has 0 fully saturated rings. The molecule has 4 aromatic carbocycles. The number of rotatable bonds is 10. The van der Waals surface area contributed by atoms with Crippen LogP contribution in [0.5, 0.6) is 0 Å². The van der Waals surface area contributed by atoms with Crippen molar-refractivity contribution in [3.05, 3.63) is 143 Å². The lowest BCUT2D eigenvalue weighted by molar-refractivity contribution is -0.141. The predicted molar refractivity (Wildman–Crippen MR) is 148 cm³/mol. The van der Waals surface area contributed by atoms with E-state index in [4.69, 9.17) is 4.74 Å². The van der Waals surface area contributed by atoms with E-state index in [2.05, 4.69) is 10.6 Å². The molecule has 3 N–H and O–H groups in total. The molecule has 0 aliphatic rings. The molecule has 2 amide bonds. The van der Waals surface area contributed by atoms with Crippen LogP contribution in [0.2, 0.25) is 0 Å². The van der Waals surface area contributed by atoms with Crippen molar-refractivity contribution in [2.75, 3.05) is 0 Å². The fraction of sp³-hybridized carbons (Fsp3) is 0.156. The molecule has 7 nitrogen and oxygen atoms in total. The van der Waals surface area contributed by atoms with Crippen LogP contribution in [0.25, 0.3) is 0 Å². The highest BCUT2D eigenvalue weighted by Gasteiger charge is 2.39. The Balaban J connectivity index is 1.61. The van der Waals surface area contributed by atoms with Gasteiger partial charge in [0.25, 0.3) is 0 Å². The Kier molecular flexibility index (Phi) is 8.74. The number of ether oxygens (including phenoxy) is 1. The molecule has 0 radical (unpaired) electrons. The molecule has 7 heteroatoms. The molecule has 4 aromatic rings. The Morgan fingerprint density at radius 3 is 1.74 bits per heavy atom. The Morgan fingerprint density at radius 1 is 0.744 bits per heavy atom. The number of alkyl carbamates (subject to hydrolysis) is 1. The SMILES string of the molecule is Cc1ccc(C(NC(=O)CC(NC(=O)OCc2ccccc2)C(=O)O)(c2ccccc2)c2ccccc2)cc1. The molecule has 0 spiro atoms. The lowest BCUT2D eigenvalue weighted by Crippen LogP contribution is -2.51. The van der Waals surface area contributed by atoms with Crippen LogP contribution in [-0.2, 0) is 26.5 Å². The summed E-state index contributed by atoms with van der Waals surface area (Å²) in [5.74, 6) is -1.90. The molecule has 0 bridgehead atoms. The van der Waals surface area contributed by atoms with Gasteiger partial charge in [-0.05, 0) is 29.2 Å². The van der Waals surface area contributed by atoms with E-state index in [9.17, 15) is 19.5 Å². The quantitative estimate of drug-likeness (QED) is 0.249. The second-order valence-electron chi connectivity index (χ2n) is 9.20. The summed E-state index contributed by atoms with van der Waals surface area (Å²) < 4.78 is 5.17. The van der Waals surface area contributed by atoms with E-state index in [0.717, 1.165) is 27.8 Å². The van der Waals surface area contributed by atoms with E-state index in [1.54, 1.807) is 24.3 Å². The fourth-order valence-corrected chi connectivity index (χ4v) is 4.45. The normalized spacial score (nSPS) is 11.7. The van der Waals surface area contributed by atoms with Gasteiger partial charge in [-0.1, -0.05) is 121 Å². The summed E-state index contributed by atoms with van der Waals surface area (Å²) in [6.45, 7) is 1.96. The summed E-state index contributed by atoms with van der Waals surface area (Å²) >= 11 is 0. The second-order valence-corrected chi connectivity index (χ2v) is 9.20. The third-order valence-electron chi connectivity index (χ3n) is 6.42. The van der Waals surface area contributed by atoms with Crippen LogP contribution in [0.1, 0.15) is 34.2 Å². The van der Waals surface area contributed by atoms with Gasteiger partial charge in [-0.15, -0.1) is 0 Å². The molecule has 0 aliphatic carbocycles. The lowest BCUT2D eigenvalue weighted by Gasteiger charge is -2.37. The van der Waals surface area contributed by atoms with Crippen LogP contribution in [0.15, 0.2) is 115 Å². The first-order valence-electron chi connectivity index (χ1n) is 12.6. The van der Waals surface area contributed by atoms with Crippen LogP contribution in [0.3, 0.4) is 0 Å². The minimum absolute atomic E-state index is 0.0240. The minimum atomic E-state index is -1.49. The van der Waals surface area contributed by atoms with Crippen molar-refractivity contribution in [3.63, 3.8) is 0 Å². The van der Waals surface area contributed by atoms with Gasteiger partial charge in [-0.25, -0.2) is 9.59 Å². The van der Waals surface area contributed by atoms with Gasteiger partial charge in [0.15, 0.2) is 0 Å². The first kappa shape index (κ1) is 27.1. The standard InChI is InChI=1S/C32H30N2O5/c1-23-17-19-27(20-18-23)32(25-13-7-3-8-14-25,26-15-9-4-10-16-26)34-29(35)21-28(30(36)37)33-31(38)39-22-24-11-5-2-6-12-24/h2-20,28H,21-22H2,1H3,(H,33,38)(H,34,35)(H,36,37). The van der Waals surface area contributed by atoms with Crippen molar-refractivity contribution >= 4 is 18.0 Å². The smallest absolute Gasteiger partial charge is 0.408 e. The van der Waals surface area contributed by atoms with E-state index >= 15 is 0 Å². The number of amides is 2. The maximum atomic E-state index is 13.6. The number of benzene rings is 4. The lowest BCUT2D eigenvalue weighted by atomic mass is 9.76. The van der Waals surface area contributed by atoms with Crippen molar-refractivity contribution in [2.24, 2.45) is 0 Å². The molecule has 39 heavy (non-hydrogen) atoms. The molecule has 0 heterocycles. The number of aryl methyl sites for hydroxylation is 1. The number of carboxylic acids is 1. The van der Waals surface area contributed by atoms with Gasteiger partial charge in [0.1, 0.15) is 18.2 Å². The third-order valence-corrected chi connectivity index (χ3v) is 6.42. The first-order valence-corrected chi connectivity index (χ1v) is 12.6. The van der Waals surface area contributed by atoms with E-state index in [0.29, 0.717) is 0 Å². The predicted octanol–water partition coefficient (Wildman–Crippen LogP) is 5.17. The molecular formula is C32H30N2O5. The molecule has 4 rings (SSSR count). The number of carbonyl (C=O) groups is 3. The fourth-order valence-electron chi connectivity index (χ4n) is 4.45. The highest BCUT2D eigenvalue weighted by Crippen LogP contribution is 2.37. The molecule has 0 aromatic heterocycles. The topological polar surface area (TPSA) is 105 Å². The summed E-state index contributed by atoms with van der Waals surface area (Å²) in [5.41, 5.74) is 3.12. The van der Waals surface area contributed by atoms with Gasteiger partial charge in [0.05, 0.1) is 6.42 Å². The highest BCUT2D eigenvalue weighted by molar-refractivity contribution is 5.88. The number of hydrogen-bond donors (Lipinski definition) is 3. The summed E-state index contributed by atoms with van der Waals surface area (Å²) in [6, 6.07) is 34.4. The van der Waals surface area contributed by atoms with Crippen molar-refractivity contribution in [3.8, 4) is 0 Å². The largest absolute Gasteiger partial charge is 0.480 e. The van der Waals surface area contributed by atoms with Crippen LogP contribution >= 0.6 is 0 Å². The molecular weight excluding hydrogens is 492 g/mol. The second kappa shape index (κ2) is 12.6. The summed E-state index contributed by atoms with van der Waals surface area (Å²) in [5, 5.41) is 15.2. The zero-order chi connectivity index (χ0) is 27.7. The Hall–Kier alpha value is -4.91. The number of hydrogen-bond acceptors (Lipinski definition) is 4. The average Bonchev–Trinajstić information content (AvgIpc) is 2.96. The van der Waals surface area contributed by atoms with E-state index in [-0.39, 0.29) is 6.61 Å². The Labute approximate surface area is 227 Å². The molecule has 0 saturated carbocycles. The van der Waals surface area contributed by atoms with Crippen molar-refractivity contribution in [1.29, 1.82) is 0 Å². The Morgan fingerprint density at radius 2 is 1.23 bits per heavy atom. The number of carbonyl (C=O) groups excluding carboxylic acids is 2. The molecule has 0 saturated heterocycles. The number of nitrogens with one attached hydrogen (secondary N) is 2. The number of carboxylic acid groups (broad SMARTS) is 1. The summed E-state index contributed by atoms with van der Waals surface area (Å²) in [7, 11) is 0. The molecule has 198 valence electrons. The van der Waals surface area contributed by atoms with Crippen molar-refractivity contribution in [1.82, 2.24) is 10.6 Å². The van der Waals surface area contributed by atoms with Crippen LogP contribution < -0.4 is 10.6 Å².